The standard InChI is InChI=1S/C16H26O2/c1-5-6-7-11-15(17)16(12-18-4)13(2)9-8-10-14(16)3/h9-10H,5-8,11-12H2,1-4H3. The summed E-state index contributed by atoms with van der Waals surface area (Å²) in [5.74, 6) is 0.319. The third kappa shape index (κ3) is 2.92. The van der Waals surface area contributed by atoms with Gasteiger partial charge in [-0.15, -0.1) is 0 Å². The molecule has 0 amide bonds. The van der Waals surface area contributed by atoms with E-state index in [-0.39, 0.29) is 0 Å². The Morgan fingerprint density at radius 3 is 2.39 bits per heavy atom. The number of carbonyl (C=O) groups excluding carboxylic acids is 1. The Morgan fingerprint density at radius 1 is 1.28 bits per heavy atom. The van der Waals surface area contributed by atoms with Crippen LogP contribution in [0.5, 0.6) is 0 Å². The zero-order valence-corrected chi connectivity index (χ0v) is 12.2. The molecule has 0 radical (unpaired) electrons. The molecule has 0 aromatic rings. The Labute approximate surface area is 111 Å². The van der Waals surface area contributed by atoms with Gasteiger partial charge in [-0.05, 0) is 26.7 Å². The fraction of sp³-hybridized carbons (Fsp3) is 0.688. The van der Waals surface area contributed by atoms with Gasteiger partial charge in [-0.25, -0.2) is 0 Å². The predicted octanol–water partition coefficient (Wildman–Crippen LogP) is 4.06. The highest BCUT2D eigenvalue weighted by atomic mass is 16.5. The van der Waals surface area contributed by atoms with Gasteiger partial charge >= 0.3 is 0 Å². The molecule has 1 aliphatic rings. The van der Waals surface area contributed by atoms with Crippen molar-refractivity contribution >= 4 is 5.78 Å². The molecule has 2 nitrogen and oxygen atoms in total. The minimum Gasteiger partial charge on any atom is -0.383 e. The zero-order valence-electron chi connectivity index (χ0n) is 12.2. The molecule has 0 atom stereocenters. The molecule has 0 saturated carbocycles. The van der Waals surface area contributed by atoms with Crippen molar-refractivity contribution in [3.8, 4) is 0 Å². The van der Waals surface area contributed by atoms with Crippen LogP contribution in [-0.2, 0) is 9.53 Å². The van der Waals surface area contributed by atoms with Crippen molar-refractivity contribution in [3.63, 3.8) is 0 Å². The van der Waals surface area contributed by atoms with Crippen molar-refractivity contribution in [2.75, 3.05) is 13.7 Å². The second kappa shape index (κ2) is 6.89. The molecule has 0 aromatic heterocycles. The van der Waals surface area contributed by atoms with Gasteiger partial charge in [0.2, 0.25) is 0 Å². The third-order valence-corrected chi connectivity index (χ3v) is 4.04. The number of hydrogen-bond acceptors (Lipinski definition) is 2. The molecule has 0 bridgehead atoms. The SMILES string of the molecule is CCCCCC(=O)C1(COC)C(C)=CCC=C1C. The smallest absolute Gasteiger partial charge is 0.149 e. The predicted molar refractivity (Wildman–Crippen MR) is 75.6 cm³/mol. The fourth-order valence-electron chi connectivity index (χ4n) is 2.79. The first-order valence-corrected chi connectivity index (χ1v) is 6.96. The quantitative estimate of drug-likeness (QED) is 0.503. The monoisotopic (exact) mass is 250 g/mol. The fourth-order valence-corrected chi connectivity index (χ4v) is 2.79. The maximum atomic E-state index is 12.6. The van der Waals surface area contributed by atoms with Gasteiger partial charge in [0.05, 0.1) is 12.0 Å². The molecule has 102 valence electrons. The van der Waals surface area contributed by atoms with Crippen molar-refractivity contribution in [3.05, 3.63) is 23.3 Å². The highest BCUT2D eigenvalue weighted by Gasteiger charge is 2.41. The molecule has 1 aliphatic carbocycles. The van der Waals surface area contributed by atoms with E-state index in [1.165, 1.54) is 0 Å². The Balaban J connectivity index is 2.91. The van der Waals surface area contributed by atoms with E-state index in [1.54, 1.807) is 7.11 Å². The number of Topliss-reactive ketones (excluding diaryl/α,β-unsaturated/α-hetero) is 1. The number of rotatable bonds is 7. The van der Waals surface area contributed by atoms with E-state index in [0.29, 0.717) is 18.8 Å². The second-order valence-electron chi connectivity index (χ2n) is 5.23. The van der Waals surface area contributed by atoms with Gasteiger partial charge in [-0.2, -0.15) is 0 Å². The van der Waals surface area contributed by atoms with Crippen molar-refractivity contribution in [2.45, 2.75) is 52.9 Å². The van der Waals surface area contributed by atoms with E-state index in [9.17, 15) is 4.79 Å². The Bertz CT molecular complexity index is 332. The van der Waals surface area contributed by atoms with Gasteiger partial charge in [-0.3, -0.25) is 4.79 Å². The van der Waals surface area contributed by atoms with Crippen LogP contribution in [0.4, 0.5) is 0 Å². The summed E-state index contributed by atoms with van der Waals surface area (Å²) in [5, 5.41) is 0. The van der Waals surface area contributed by atoms with Gasteiger partial charge < -0.3 is 4.74 Å². The molecule has 0 spiro atoms. The summed E-state index contributed by atoms with van der Waals surface area (Å²) in [5.41, 5.74) is 1.83. The van der Waals surface area contributed by atoms with Crippen LogP contribution in [0, 0.1) is 5.41 Å². The first-order valence-electron chi connectivity index (χ1n) is 6.96. The lowest BCUT2D eigenvalue weighted by Gasteiger charge is -2.36. The number of ether oxygens (including phenoxy) is 1. The van der Waals surface area contributed by atoms with Gasteiger partial charge in [-0.1, -0.05) is 43.1 Å². The third-order valence-electron chi connectivity index (χ3n) is 4.04. The van der Waals surface area contributed by atoms with E-state index >= 15 is 0 Å². The molecule has 0 aromatic carbocycles. The number of allylic oxidation sites excluding steroid dienone is 2. The molecule has 0 N–H and O–H groups in total. The summed E-state index contributed by atoms with van der Waals surface area (Å²) in [4.78, 5) is 12.6. The highest BCUT2D eigenvalue weighted by Crippen LogP contribution is 2.41. The Hall–Kier alpha value is -0.890. The summed E-state index contributed by atoms with van der Waals surface area (Å²) in [6.45, 7) is 6.76. The van der Waals surface area contributed by atoms with Crippen LogP contribution in [0.1, 0.15) is 52.9 Å². The number of unbranched alkanes of at least 4 members (excludes halogenated alkanes) is 2. The molecule has 0 fully saturated rings. The number of ketones is 1. The molecule has 0 saturated heterocycles. The van der Waals surface area contributed by atoms with Crippen LogP contribution in [0.3, 0.4) is 0 Å². The largest absolute Gasteiger partial charge is 0.383 e. The first kappa shape index (κ1) is 15.2. The lowest BCUT2D eigenvalue weighted by molar-refractivity contribution is -0.127. The maximum Gasteiger partial charge on any atom is 0.149 e. The first-order chi connectivity index (χ1) is 8.59. The maximum absolute atomic E-state index is 12.6. The Kier molecular flexibility index (Phi) is 5.80. The average molecular weight is 250 g/mol. The summed E-state index contributed by atoms with van der Waals surface area (Å²) in [7, 11) is 1.68. The molecule has 1 rings (SSSR count). The molecule has 0 heterocycles. The van der Waals surface area contributed by atoms with Crippen LogP contribution in [0.25, 0.3) is 0 Å². The minimum atomic E-state index is -0.485. The van der Waals surface area contributed by atoms with Gasteiger partial charge in [0.1, 0.15) is 5.78 Å². The lowest BCUT2D eigenvalue weighted by atomic mass is 9.68. The van der Waals surface area contributed by atoms with Crippen LogP contribution >= 0.6 is 0 Å². The van der Waals surface area contributed by atoms with E-state index in [4.69, 9.17) is 4.74 Å². The van der Waals surface area contributed by atoms with E-state index in [2.05, 4.69) is 32.9 Å². The zero-order chi connectivity index (χ0) is 13.6. The second-order valence-corrected chi connectivity index (χ2v) is 5.23. The Morgan fingerprint density at radius 2 is 1.89 bits per heavy atom. The average Bonchev–Trinajstić information content (AvgIpc) is 2.34. The van der Waals surface area contributed by atoms with Crippen LogP contribution in [0.2, 0.25) is 0 Å². The van der Waals surface area contributed by atoms with Crippen molar-refractivity contribution < 1.29 is 9.53 Å². The summed E-state index contributed by atoms with van der Waals surface area (Å²) < 4.78 is 5.35. The highest BCUT2D eigenvalue weighted by molar-refractivity contribution is 5.91. The van der Waals surface area contributed by atoms with Crippen molar-refractivity contribution in [1.82, 2.24) is 0 Å². The van der Waals surface area contributed by atoms with Gasteiger partial charge in [0.15, 0.2) is 0 Å². The summed E-state index contributed by atoms with van der Waals surface area (Å²) >= 11 is 0. The lowest BCUT2D eigenvalue weighted by Crippen LogP contribution is -2.39. The van der Waals surface area contributed by atoms with E-state index in [0.717, 1.165) is 36.8 Å². The van der Waals surface area contributed by atoms with Crippen molar-refractivity contribution in [1.29, 1.82) is 0 Å². The molecule has 2 heteroatoms. The minimum absolute atomic E-state index is 0.319. The molecule has 18 heavy (non-hydrogen) atoms. The molecule has 0 unspecified atom stereocenters. The summed E-state index contributed by atoms with van der Waals surface area (Å²) in [6.07, 6.45) is 9.17. The van der Waals surface area contributed by atoms with Crippen LogP contribution < -0.4 is 0 Å². The van der Waals surface area contributed by atoms with Gasteiger partial charge in [0.25, 0.3) is 0 Å². The van der Waals surface area contributed by atoms with Crippen LogP contribution in [0.15, 0.2) is 23.3 Å². The van der Waals surface area contributed by atoms with E-state index in [1.807, 2.05) is 0 Å². The molecular weight excluding hydrogens is 224 g/mol. The number of hydrogen-bond donors (Lipinski definition) is 0. The normalized spacial score (nSPS) is 18.2. The van der Waals surface area contributed by atoms with Gasteiger partial charge in [0, 0.05) is 13.5 Å². The number of methoxy groups -OCH3 is 1. The van der Waals surface area contributed by atoms with Crippen LogP contribution in [-0.4, -0.2) is 19.5 Å². The topological polar surface area (TPSA) is 26.3 Å². The summed E-state index contributed by atoms with van der Waals surface area (Å²) in [6, 6.07) is 0. The van der Waals surface area contributed by atoms with E-state index < -0.39 is 5.41 Å². The number of carbonyl (C=O) groups is 1. The molecule has 0 aliphatic heterocycles. The molecular formula is C16H26O2. The van der Waals surface area contributed by atoms with Crippen molar-refractivity contribution in [2.24, 2.45) is 5.41 Å².